The number of nitrogens with one attached hydrogen (secondary N) is 2. The smallest absolute Gasteiger partial charge is 0.238 e. The van der Waals surface area contributed by atoms with Crippen molar-refractivity contribution in [3.8, 4) is 17.2 Å². The predicted molar refractivity (Wildman–Crippen MR) is 98.7 cm³/mol. The van der Waals surface area contributed by atoms with Gasteiger partial charge in [-0.15, -0.1) is 0 Å². The molecule has 0 aliphatic carbocycles. The lowest BCUT2D eigenvalue weighted by molar-refractivity contribution is -0.124. The molecule has 1 amide bonds. The second kappa shape index (κ2) is 8.74. The molecule has 0 saturated carbocycles. The van der Waals surface area contributed by atoms with Gasteiger partial charge in [-0.05, 0) is 48.2 Å². The van der Waals surface area contributed by atoms with Crippen molar-refractivity contribution in [3.63, 3.8) is 0 Å². The normalized spacial score (nSPS) is 17.7. The van der Waals surface area contributed by atoms with Gasteiger partial charge >= 0.3 is 0 Å². The van der Waals surface area contributed by atoms with Crippen LogP contribution in [0.25, 0.3) is 11.1 Å². The van der Waals surface area contributed by atoms with Gasteiger partial charge in [0.2, 0.25) is 5.91 Å². The number of hydrogen-bond acceptors (Lipinski definition) is 3. The molecule has 0 bridgehead atoms. The summed E-state index contributed by atoms with van der Waals surface area (Å²) < 4.78 is 26.4. The second-order valence-corrected chi connectivity index (χ2v) is 6.72. The molecule has 27 heavy (non-hydrogen) atoms. The highest BCUT2D eigenvalue weighted by atomic mass is 19.2. The van der Waals surface area contributed by atoms with Crippen molar-refractivity contribution in [2.75, 3.05) is 6.54 Å². The Hall–Kier alpha value is -2.78. The zero-order valence-electron chi connectivity index (χ0n) is 14.8. The Morgan fingerprint density at radius 3 is 2.52 bits per heavy atom. The molecule has 1 aliphatic rings. The monoisotopic (exact) mass is 369 g/mol. The van der Waals surface area contributed by atoms with Crippen LogP contribution in [0.2, 0.25) is 0 Å². The van der Waals surface area contributed by atoms with E-state index < -0.39 is 17.7 Å². The number of halogens is 2. The summed E-state index contributed by atoms with van der Waals surface area (Å²) in [5, 5.41) is 15.3. The van der Waals surface area contributed by atoms with E-state index in [0.29, 0.717) is 12.0 Å². The Morgan fingerprint density at radius 1 is 1.15 bits per heavy atom. The summed E-state index contributed by atoms with van der Waals surface area (Å²) in [6, 6.07) is 12.3. The summed E-state index contributed by atoms with van der Waals surface area (Å²) in [5.74, 6) is -1.91. The lowest BCUT2D eigenvalue weighted by Crippen LogP contribution is -2.49. The SMILES string of the molecule is N#C[C@H](Cc1ccc(-c2ccc(F)c(F)c2)cc1)NC(=O)[C@@H]1CCCCN1. The molecule has 0 aromatic heterocycles. The average molecular weight is 369 g/mol. The van der Waals surface area contributed by atoms with Crippen molar-refractivity contribution >= 4 is 5.91 Å². The van der Waals surface area contributed by atoms with Gasteiger partial charge in [-0.2, -0.15) is 5.26 Å². The number of nitrogens with zero attached hydrogens (tertiary/aromatic N) is 1. The molecule has 4 nitrogen and oxygen atoms in total. The first-order chi connectivity index (χ1) is 13.1. The van der Waals surface area contributed by atoms with Gasteiger partial charge in [-0.1, -0.05) is 36.8 Å². The summed E-state index contributed by atoms with van der Waals surface area (Å²) in [4.78, 5) is 12.3. The van der Waals surface area contributed by atoms with Gasteiger partial charge in [0.15, 0.2) is 11.6 Å². The molecule has 6 heteroatoms. The Morgan fingerprint density at radius 2 is 1.89 bits per heavy atom. The summed E-state index contributed by atoms with van der Waals surface area (Å²) in [5.41, 5.74) is 2.21. The van der Waals surface area contributed by atoms with Crippen LogP contribution in [0.5, 0.6) is 0 Å². The minimum Gasteiger partial charge on any atom is -0.339 e. The minimum absolute atomic E-state index is 0.139. The molecule has 3 rings (SSSR count). The van der Waals surface area contributed by atoms with E-state index in [4.69, 9.17) is 0 Å². The summed E-state index contributed by atoms with van der Waals surface area (Å²) in [7, 11) is 0. The molecule has 1 saturated heterocycles. The lowest BCUT2D eigenvalue weighted by atomic mass is 10.00. The Balaban J connectivity index is 1.63. The summed E-state index contributed by atoms with van der Waals surface area (Å²) in [6.45, 7) is 0.820. The molecule has 0 unspecified atom stereocenters. The maximum atomic E-state index is 13.4. The number of amides is 1. The van der Waals surface area contributed by atoms with Crippen LogP contribution < -0.4 is 10.6 Å². The molecular weight excluding hydrogens is 348 g/mol. The van der Waals surface area contributed by atoms with E-state index in [1.54, 1.807) is 12.1 Å². The Kier molecular flexibility index (Phi) is 6.15. The number of nitriles is 1. The molecule has 1 aliphatic heterocycles. The number of carbonyl (C=O) groups is 1. The van der Waals surface area contributed by atoms with Gasteiger partial charge in [-0.3, -0.25) is 4.79 Å². The third kappa shape index (κ3) is 4.89. The molecule has 2 aromatic rings. The molecule has 1 heterocycles. The van der Waals surface area contributed by atoms with E-state index >= 15 is 0 Å². The van der Waals surface area contributed by atoms with E-state index in [0.717, 1.165) is 49.1 Å². The van der Waals surface area contributed by atoms with Gasteiger partial charge < -0.3 is 10.6 Å². The maximum absolute atomic E-state index is 13.4. The number of hydrogen-bond donors (Lipinski definition) is 2. The van der Waals surface area contributed by atoms with Crippen LogP contribution in [0.1, 0.15) is 24.8 Å². The van der Waals surface area contributed by atoms with Crippen LogP contribution in [-0.4, -0.2) is 24.5 Å². The van der Waals surface area contributed by atoms with Crippen molar-refractivity contribution in [3.05, 3.63) is 59.7 Å². The van der Waals surface area contributed by atoms with Crippen molar-refractivity contribution in [2.24, 2.45) is 0 Å². The van der Waals surface area contributed by atoms with E-state index in [1.165, 1.54) is 6.07 Å². The highest BCUT2D eigenvalue weighted by molar-refractivity contribution is 5.82. The van der Waals surface area contributed by atoms with E-state index in [1.807, 2.05) is 12.1 Å². The molecule has 0 spiro atoms. The van der Waals surface area contributed by atoms with E-state index in [-0.39, 0.29) is 11.9 Å². The molecule has 0 radical (unpaired) electrons. The van der Waals surface area contributed by atoms with Crippen molar-refractivity contribution in [1.29, 1.82) is 5.26 Å². The fourth-order valence-corrected chi connectivity index (χ4v) is 3.22. The minimum atomic E-state index is -0.889. The fraction of sp³-hybridized carbons (Fsp3) is 0.333. The first-order valence-corrected chi connectivity index (χ1v) is 9.04. The Labute approximate surface area is 157 Å². The number of rotatable bonds is 5. The number of piperidine rings is 1. The molecule has 2 atom stereocenters. The quantitative estimate of drug-likeness (QED) is 0.850. The van der Waals surface area contributed by atoms with Crippen LogP contribution in [0.3, 0.4) is 0 Å². The van der Waals surface area contributed by atoms with Gasteiger partial charge in [0.25, 0.3) is 0 Å². The topological polar surface area (TPSA) is 64.9 Å². The molecular formula is C21H21F2N3O. The first-order valence-electron chi connectivity index (χ1n) is 9.04. The summed E-state index contributed by atoms with van der Waals surface area (Å²) in [6.07, 6.45) is 3.24. The highest BCUT2D eigenvalue weighted by Crippen LogP contribution is 2.22. The van der Waals surface area contributed by atoms with E-state index in [9.17, 15) is 18.8 Å². The average Bonchev–Trinajstić information content (AvgIpc) is 2.70. The van der Waals surface area contributed by atoms with Crippen LogP contribution in [-0.2, 0) is 11.2 Å². The lowest BCUT2D eigenvalue weighted by Gasteiger charge is -2.23. The number of benzene rings is 2. The third-order valence-corrected chi connectivity index (χ3v) is 4.75. The van der Waals surface area contributed by atoms with Gasteiger partial charge in [0, 0.05) is 6.42 Å². The van der Waals surface area contributed by atoms with Crippen LogP contribution in [0.4, 0.5) is 8.78 Å². The van der Waals surface area contributed by atoms with Crippen LogP contribution in [0.15, 0.2) is 42.5 Å². The van der Waals surface area contributed by atoms with Gasteiger partial charge in [0.05, 0.1) is 12.1 Å². The second-order valence-electron chi connectivity index (χ2n) is 6.72. The van der Waals surface area contributed by atoms with Crippen molar-refractivity contribution < 1.29 is 13.6 Å². The standard InChI is InChI=1S/C21H21F2N3O/c22-18-9-8-16(12-19(18)23)15-6-4-14(5-7-15)11-17(13-24)26-21(27)20-3-1-2-10-25-20/h4-9,12,17,20,25H,1-3,10-11H2,(H,26,27)/t17-,20-/m0/s1. The Bertz CT molecular complexity index is 839. The molecule has 2 N–H and O–H groups in total. The molecule has 1 fully saturated rings. The van der Waals surface area contributed by atoms with Gasteiger partial charge in [0.1, 0.15) is 6.04 Å². The maximum Gasteiger partial charge on any atom is 0.238 e. The molecule has 140 valence electrons. The zero-order valence-corrected chi connectivity index (χ0v) is 14.8. The zero-order chi connectivity index (χ0) is 19.2. The third-order valence-electron chi connectivity index (χ3n) is 4.75. The van der Waals surface area contributed by atoms with Gasteiger partial charge in [-0.25, -0.2) is 8.78 Å². The van der Waals surface area contributed by atoms with Crippen LogP contribution >= 0.6 is 0 Å². The molecule has 2 aromatic carbocycles. The largest absolute Gasteiger partial charge is 0.339 e. The fourth-order valence-electron chi connectivity index (χ4n) is 3.22. The van der Waals surface area contributed by atoms with Crippen LogP contribution in [0, 0.1) is 23.0 Å². The summed E-state index contributed by atoms with van der Waals surface area (Å²) >= 11 is 0. The highest BCUT2D eigenvalue weighted by Gasteiger charge is 2.23. The predicted octanol–water partition coefficient (Wildman–Crippen LogP) is 3.32. The van der Waals surface area contributed by atoms with Crippen molar-refractivity contribution in [1.82, 2.24) is 10.6 Å². The van der Waals surface area contributed by atoms with E-state index in [2.05, 4.69) is 16.7 Å². The van der Waals surface area contributed by atoms with Crippen molar-refractivity contribution in [2.45, 2.75) is 37.8 Å². The first kappa shape index (κ1) is 19.0. The number of carbonyl (C=O) groups excluding carboxylic acids is 1.